The zero-order chi connectivity index (χ0) is 10.9. The summed E-state index contributed by atoms with van der Waals surface area (Å²) in [5, 5.41) is 0. The maximum absolute atomic E-state index is 6.09. The van der Waals surface area contributed by atoms with Gasteiger partial charge in [-0.05, 0) is 18.4 Å². The quantitative estimate of drug-likeness (QED) is 0.677. The molecule has 1 unspecified atom stereocenters. The minimum absolute atomic E-state index is 0.337. The molecule has 0 radical (unpaired) electrons. The predicted octanol–water partition coefficient (Wildman–Crippen LogP) is 3.53. The second-order valence-corrected chi connectivity index (χ2v) is 4.30. The minimum Gasteiger partial charge on any atom is -0.327 e. The molecule has 1 heteroatoms. The monoisotopic (exact) mass is 205 g/mol. The number of nitrogens with two attached hydrogens (primary N) is 1. The number of rotatable bonds is 7. The molecule has 0 saturated heterocycles. The smallest absolute Gasteiger partial charge is 0.00793 e. The van der Waals surface area contributed by atoms with E-state index in [1.165, 1.54) is 31.2 Å². The van der Waals surface area contributed by atoms with Gasteiger partial charge in [-0.25, -0.2) is 0 Å². The fourth-order valence-corrected chi connectivity index (χ4v) is 1.85. The average Bonchev–Trinajstić information content (AvgIpc) is 2.26. The van der Waals surface area contributed by atoms with Gasteiger partial charge in [0.15, 0.2) is 0 Å². The van der Waals surface area contributed by atoms with E-state index in [9.17, 15) is 0 Å². The first-order valence-electron chi connectivity index (χ1n) is 6.12. The van der Waals surface area contributed by atoms with E-state index in [1.54, 1.807) is 0 Å². The topological polar surface area (TPSA) is 26.0 Å². The van der Waals surface area contributed by atoms with Crippen LogP contribution in [0.4, 0.5) is 0 Å². The standard InChI is InChI=1S/C14H23N/c1-2-3-4-8-11-14(15)12-13-9-6-5-7-10-13/h5-7,9-10,14H,2-4,8,11-12,15H2,1H3. The second-order valence-electron chi connectivity index (χ2n) is 4.30. The van der Waals surface area contributed by atoms with E-state index in [2.05, 4.69) is 37.3 Å². The molecular formula is C14H23N. The third kappa shape index (κ3) is 5.58. The van der Waals surface area contributed by atoms with Gasteiger partial charge >= 0.3 is 0 Å². The van der Waals surface area contributed by atoms with E-state index in [1.807, 2.05) is 0 Å². The molecule has 1 rings (SSSR count). The van der Waals surface area contributed by atoms with E-state index in [0.29, 0.717) is 6.04 Å². The molecule has 1 nitrogen and oxygen atoms in total. The highest BCUT2D eigenvalue weighted by molar-refractivity contribution is 5.15. The van der Waals surface area contributed by atoms with Crippen molar-refractivity contribution in [3.8, 4) is 0 Å². The van der Waals surface area contributed by atoms with Crippen molar-refractivity contribution in [2.75, 3.05) is 0 Å². The Hall–Kier alpha value is -0.820. The largest absolute Gasteiger partial charge is 0.327 e. The van der Waals surface area contributed by atoms with Crippen LogP contribution in [0, 0.1) is 0 Å². The third-order valence-electron chi connectivity index (χ3n) is 2.77. The van der Waals surface area contributed by atoms with E-state index in [0.717, 1.165) is 12.8 Å². The van der Waals surface area contributed by atoms with Gasteiger partial charge in [-0.15, -0.1) is 0 Å². The molecule has 0 fully saturated rings. The summed E-state index contributed by atoms with van der Waals surface area (Å²) in [7, 11) is 0. The average molecular weight is 205 g/mol. The van der Waals surface area contributed by atoms with Gasteiger partial charge in [0, 0.05) is 6.04 Å². The zero-order valence-corrected chi connectivity index (χ0v) is 9.78. The molecule has 0 aromatic heterocycles. The summed E-state index contributed by atoms with van der Waals surface area (Å²) >= 11 is 0. The SMILES string of the molecule is CCCCCCC(N)Cc1ccccc1. The molecule has 0 heterocycles. The second kappa shape index (κ2) is 7.47. The Morgan fingerprint density at radius 1 is 1.07 bits per heavy atom. The van der Waals surface area contributed by atoms with Crippen molar-refractivity contribution in [1.82, 2.24) is 0 Å². The lowest BCUT2D eigenvalue weighted by molar-refractivity contribution is 0.546. The van der Waals surface area contributed by atoms with Crippen molar-refractivity contribution >= 4 is 0 Å². The van der Waals surface area contributed by atoms with Gasteiger partial charge in [-0.3, -0.25) is 0 Å². The molecule has 0 aliphatic heterocycles. The molecule has 2 N–H and O–H groups in total. The maximum atomic E-state index is 6.09. The van der Waals surface area contributed by atoms with Crippen LogP contribution >= 0.6 is 0 Å². The van der Waals surface area contributed by atoms with Gasteiger partial charge in [0.1, 0.15) is 0 Å². The lowest BCUT2D eigenvalue weighted by atomic mass is 10.0. The minimum atomic E-state index is 0.337. The zero-order valence-electron chi connectivity index (χ0n) is 9.78. The number of benzene rings is 1. The van der Waals surface area contributed by atoms with Crippen molar-refractivity contribution in [3.05, 3.63) is 35.9 Å². The summed E-state index contributed by atoms with van der Waals surface area (Å²) in [6, 6.07) is 10.9. The number of hydrogen-bond donors (Lipinski definition) is 1. The first-order chi connectivity index (χ1) is 7.33. The lowest BCUT2D eigenvalue weighted by Crippen LogP contribution is -2.22. The molecular weight excluding hydrogens is 182 g/mol. The highest BCUT2D eigenvalue weighted by atomic mass is 14.6. The van der Waals surface area contributed by atoms with Gasteiger partial charge in [-0.2, -0.15) is 0 Å². The van der Waals surface area contributed by atoms with Crippen LogP contribution in [0.1, 0.15) is 44.6 Å². The fraction of sp³-hybridized carbons (Fsp3) is 0.571. The molecule has 1 atom stereocenters. The summed E-state index contributed by atoms with van der Waals surface area (Å²) in [6.07, 6.45) is 7.44. The molecule has 1 aromatic carbocycles. The van der Waals surface area contributed by atoms with Crippen LogP contribution in [0.25, 0.3) is 0 Å². The normalized spacial score (nSPS) is 12.7. The van der Waals surface area contributed by atoms with Gasteiger partial charge in [-0.1, -0.05) is 62.9 Å². The summed E-state index contributed by atoms with van der Waals surface area (Å²) in [5.74, 6) is 0. The molecule has 15 heavy (non-hydrogen) atoms. The Morgan fingerprint density at radius 3 is 2.47 bits per heavy atom. The molecule has 0 saturated carbocycles. The summed E-state index contributed by atoms with van der Waals surface area (Å²) < 4.78 is 0. The van der Waals surface area contributed by atoms with Gasteiger partial charge in [0.2, 0.25) is 0 Å². The highest BCUT2D eigenvalue weighted by Gasteiger charge is 2.02. The van der Waals surface area contributed by atoms with E-state index in [4.69, 9.17) is 5.73 Å². The molecule has 0 aliphatic rings. The molecule has 0 aliphatic carbocycles. The van der Waals surface area contributed by atoms with Crippen molar-refractivity contribution in [2.24, 2.45) is 5.73 Å². The van der Waals surface area contributed by atoms with E-state index < -0.39 is 0 Å². The van der Waals surface area contributed by atoms with Crippen LogP contribution < -0.4 is 5.73 Å². The summed E-state index contributed by atoms with van der Waals surface area (Å²) in [6.45, 7) is 2.24. The van der Waals surface area contributed by atoms with Gasteiger partial charge in [0.05, 0.1) is 0 Å². The first kappa shape index (κ1) is 12.3. The van der Waals surface area contributed by atoms with Crippen molar-refractivity contribution in [2.45, 2.75) is 51.5 Å². The highest BCUT2D eigenvalue weighted by Crippen LogP contribution is 2.08. The predicted molar refractivity (Wildman–Crippen MR) is 66.9 cm³/mol. The summed E-state index contributed by atoms with van der Waals surface area (Å²) in [4.78, 5) is 0. The van der Waals surface area contributed by atoms with E-state index in [-0.39, 0.29) is 0 Å². The van der Waals surface area contributed by atoms with Crippen LogP contribution in [-0.4, -0.2) is 6.04 Å². The van der Waals surface area contributed by atoms with Crippen molar-refractivity contribution in [1.29, 1.82) is 0 Å². The Kier molecular flexibility index (Phi) is 6.10. The Labute approximate surface area is 93.7 Å². The fourth-order valence-electron chi connectivity index (χ4n) is 1.85. The van der Waals surface area contributed by atoms with Crippen molar-refractivity contribution < 1.29 is 0 Å². The van der Waals surface area contributed by atoms with Gasteiger partial charge < -0.3 is 5.73 Å². The molecule has 0 spiro atoms. The first-order valence-corrected chi connectivity index (χ1v) is 6.12. The Balaban J connectivity index is 2.16. The van der Waals surface area contributed by atoms with Crippen LogP contribution in [0.3, 0.4) is 0 Å². The van der Waals surface area contributed by atoms with Crippen LogP contribution in [0.15, 0.2) is 30.3 Å². The maximum Gasteiger partial charge on any atom is 0.00793 e. The van der Waals surface area contributed by atoms with Crippen LogP contribution in [0.5, 0.6) is 0 Å². The Bertz CT molecular complexity index is 243. The molecule has 0 bridgehead atoms. The number of unbranched alkanes of at least 4 members (excludes halogenated alkanes) is 3. The molecule has 0 amide bonds. The van der Waals surface area contributed by atoms with Gasteiger partial charge in [0.25, 0.3) is 0 Å². The molecule has 84 valence electrons. The van der Waals surface area contributed by atoms with E-state index >= 15 is 0 Å². The summed E-state index contributed by atoms with van der Waals surface area (Å²) in [5.41, 5.74) is 7.45. The number of hydrogen-bond acceptors (Lipinski definition) is 1. The van der Waals surface area contributed by atoms with Crippen LogP contribution in [0.2, 0.25) is 0 Å². The van der Waals surface area contributed by atoms with Crippen molar-refractivity contribution in [3.63, 3.8) is 0 Å². The Morgan fingerprint density at radius 2 is 1.80 bits per heavy atom. The third-order valence-corrected chi connectivity index (χ3v) is 2.77. The van der Waals surface area contributed by atoms with Crippen LogP contribution in [-0.2, 0) is 6.42 Å². The lowest BCUT2D eigenvalue weighted by Gasteiger charge is -2.11. The molecule has 1 aromatic rings.